The van der Waals surface area contributed by atoms with Gasteiger partial charge in [-0.25, -0.2) is 0 Å². The fourth-order valence-electron chi connectivity index (χ4n) is 0.881. The van der Waals surface area contributed by atoms with Crippen LogP contribution in [0.4, 0.5) is 0 Å². The van der Waals surface area contributed by atoms with Gasteiger partial charge in [0, 0.05) is 6.20 Å². The first kappa shape index (κ1) is 17.6. The number of aryl methyl sites for hydroxylation is 1. The number of thioether (sulfide) groups is 1. The van der Waals surface area contributed by atoms with Crippen molar-refractivity contribution in [3.63, 3.8) is 0 Å². The summed E-state index contributed by atoms with van der Waals surface area (Å²) in [6.45, 7) is 12.2. The average molecular weight is 239 g/mol. The van der Waals surface area contributed by atoms with Crippen LogP contribution in [0.2, 0.25) is 0 Å². The van der Waals surface area contributed by atoms with Crippen molar-refractivity contribution in [1.82, 2.24) is 4.98 Å². The molecule has 0 amide bonds. The van der Waals surface area contributed by atoms with Crippen LogP contribution in [0.5, 0.6) is 0 Å². The molecule has 0 atom stereocenters. The molecule has 0 aliphatic heterocycles. The molecule has 1 heterocycles. The van der Waals surface area contributed by atoms with Crippen LogP contribution in [-0.2, 0) is 0 Å². The van der Waals surface area contributed by atoms with Crippen LogP contribution in [0.25, 0.3) is 6.08 Å². The molecule has 0 N–H and O–H groups in total. The number of rotatable bonds is 3. The zero-order chi connectivity index (χ0) is 12.8. The van der Waals surface area contributed by atoms with Gasteiger partial charge in [-0.2, -0.15) is 0 Å². The molecule has 0 fully saturated rings. The van der Waals surface area contributed by atoms with Gasteiger partial charge in [0.25, 0.3) is 0 Å². The molecule has 1 aromatic rings. The monoisotopic (exact) mass is 239 g/mol. The molecule has 2 heteroatoms. The van der Waals surface area contributed by atoms with Crippen LogP contribution in [0.3, 0.4) is 0 Å². The Bertz CT molecular complexity index is 269. The van der Waals surface area contributed by atoms with Crippen molar-refractivity contribution in [3.05, 3.63) is 35.0 Å². The maximum absolute atomic E-state index is 4.25. The minimum Gasteiger partial charge on any atom is -0.257 e. The van der Waals surface area contributed by atoms with Gasteiger partial charge in [0.2, 0.25) is 0 Å². The molecule has 0 aliphatic carbocycles. The van der Waals surface area contributed by atoms with Crippen molar-refractivity contribution in [1.29, 1.82) is 0 Å². The van der Waals surface area contributed by atoms with Gasteiger partial charge in [0.1, 0.15) is 0 Å². The van der Waals surface area contributed by atoms with Crippen molar-refractivity contribution >= 4 is 17.8 Å². The van der Waals surface area contributed by atoms with E-state index in [-0.39, 0.29) is 0 Å². The van der Waals surface area contributed by atoms with Gasteiger partial charge >= 0.3 is 0 Å². The van der Waals surface area contributed by atoms with E-state index in [0.29, 0.717) is 0 Å². The number of nitrogens with zero attached hydrogens (tertiary/aromatic N) is 1. The molecule has 0 aliphatic rings. The van der Waals surface area contributed by atoms with Crippen LogP contribution in [-0.4, -0.2) is 10.7 Å². The topological polar surface area (TPSA) is 12.9 Å². The van der Waals surface area contributed by atoms with Gasteiger partial charge in [-0.15, -0.1) is 11.8 Å². The first-order valence-electron chi connectivity index (χ1n) is 6.04. The second kappa shape index (κ2) is 14.2. The molecule has 0 saturated carbocycles. The quantitative estimate of drug-likeness (QED) is 0.722. The second-order valence-electron chi connectivity index (χ2n) is 2.46. The zero-order valence-electron chi connectivity index (χ0n) is 11.4. The lowest BCUT2D eigenvalue weighted by Crippen LogP contribution is -1.83. The van der Waals surface area contributed by atoms with E-state index in [4.69, 9.17) is 0 Å². The highest BCUT2D eigenvalue weighted by Crippen LogP contribution is 2.09. The molecule has 1 aromatic heterocycles. The summed E-state index contributed by atoms with van der Waals surface area (Å²) in [6, 6.07) is 4.03. The second-order valence-corrected chi connectivity index (χ2v) is 3.65. The lowest BCUT2D eigenvalue weighted by Gasteiger charge is -1.96. The highest BCUT2D eigenvalue weighted by atomic mass is 32.2. The van der Waals surface area contributed by atoms with Crippen LogP contribution < -0.4 is 0 Å². The number of hydrogen-bond acceptors (Lipinski definition) is 2. The summed E-state index contributed by atoms with van der Waals surface area (Å²) in [5.41, 5.74) is 2.30. The molecule has 16 heavy (non-hydrogen) atoms. The van der Waals surface area contributed by atoms with Gasteiger partial charge in [-0.1, -0.05) is 40.7 Å². The Hall–Kier alpha value is -0.760. The maximum Gasteiger partial charge on any atom is 0.0663 e. The maximum atomic E-state index is 4.25. The van der Waals surface area contributed by atoms with Gasteiger partial charge in [0.15, 0.2) is 0 Å². The SMILES string of the molecule is CC.CC.CCS/C=C/c1ncccc1C. The molecule has 1 nitrogen and oxygen atoms in total. The lowest BCUT2D eigenvalue weighted by molar-refractivity contribution is 1.24. The zero-order valence-corrected chi connectivity index (χ0v) is 12.3. The summed E-state index contributed by atoms with van der Waals surface area (Å²) in [5, 5.41) is 2.09. The lowest BCUT2D eigenvalue weighted by atomic mass is 10.2. The molecule has 1 rings (SSSR count). The molecule has 0 unspecified atom stereocenters. The third-order valence-corrected chi connectivity index (χ3v) is 2.20. The fraction of sp³-hybridized carbons (Fsp3) is 0.500. The van der Waals surface area contributed by atoms with Crippen LogP contribution >= 0.6 is 11.8 Å². The Morgan fingerprint density at radius 2 is 1.88 bits per heavy atom. The van der Waals surface area contributed by atoms with Gasteiger partial charge in [-0.05, 0) is 35.8 Å². The Kier molecular flexibility index (Phi) is 15.7. The van der Waals surface area contributed by atoms with Crippen LogP contribution in [0.15, 0.2) is 23.7 Å². The molecule has 0 bridgehead atoms. The Morgan fingerprint density at radius 3 is 2.38 bits per heavy atom. The van der Waals surface area contributed by atoms with E-state index in [2.05, 4.69) is 36.4 Å². The summed E-state index contributed by atoms with van der Waals surface area (Å²) in [6.07, 6.45) is 3.88. The molecule has 0 aromatic carbocycles. The predicted octanol–water partition coefficient (Wildman–Crippen LogP) is 5.17. The Balaban J connectivity index is 0. The summed E-state index contributed by atoms with van der Waals surface area (Å²) in [5.74, 6) is 1.11. The normalized spacial score (nSPS) is 8.88. The first-order valence-corrected chi connectivity index (χ1v) is 7.09. The van der Waals surface area contributed by atoms with E-state index in [0.717, 1.165) is 11.4 Å². The number of aromatic nitrogens is 1. The molecule has 0 radical (unpaired) electrons. The number of hydrogen-bond donors (Lipinski definition) is 0. The third kappa shape index (κ3) is 8.54. The largest absolute Gasteiger partial charge is 0.257 e. The molecular weight excluding hydrogens is 214 g/mol. The summed E-state index contributed by atoms with van der Waals surface area (Å²) < 4.78 is 0. The molecular formula is C14H25NS. The van der Waals surface area contributed by atoms with E-state index >= 15 is 0 Å². The standard InChI is InChI=1S/C10H13NS.2C2H6/c1-3-12-8-6-10-9(2)5-4-7-11-10;2*1-2/h4-8H,3H2,1-2H3;2*1-2H3/b8-6+;;. The van der Waals surface area contributed by atoms with E-state index in [1.54, 1.807) is 11.8 Å². The van der Waals surface area contributed by atoms with Crippen LogP contribution in [0.1, 0.15) is 45.9 Å². The summed E-state index contributed by atoms with van der Waals surface area (Å²) in [4.78, 5) is 4.25. The third-order valence-electron chi connectivity index (χ3n) is 1.54. The van der Waals surface area contributed by atoms with Crippen molar-refractivity contribution in [2.75, 3.05) is 5.75 Å². The Morgan fingerprint density at radius 1 is 1.25 bits per heavy atom. The predicted molar refractivity (Wildman–Crippen MR) is 78.8 cm³/mol. The average Bonchev–Trinajstić information content (AvgIpc) is 2.37. The number of pyridine rings is 1. The van der Waals surface area contributed by atoms with E-state index < -0.39 is 0 Å². The molecule has 92 valence electrons. The van der Waals surface area contributed by atoms with Gasteiger partial charge in [0.05, 0.1) is 5.69 Å². The van der Waals surface area contributed by atoms with Crippen molar-refractivity contribution in [2.24, 2.45) is 0 Å². The fourth-order valence-corrected chi connectivity index (χ4v) is 1.30. The highest BCUT2D eigenvalue weighted by Gasteiger charge is 1.90. The summed E-state index contributed by atoms with van der Waals surface area (Å²) >= 11 is 1.79. The van der Waals surface area contributed by atoms with E-state index in [1.807, 2.05) is 40.0 Å². The first-order chi connectivity index (χ1) is 7.84. The van der Waals surface area contributed by atoms with E-state index in [1.165, 1.54) is 5.56 Å². The smallest absolute Gasteiger partial charge is 0.0663 e. The van der Waals surface area contributed by atoms with E-state index in [9.17, 15) is 0 Å². The van der Waals surface area contributed by atoms with Gasteiger partial charge < -0.3 is 0 Å². The minimum atomic E-state index is 1.07. The van der Waals surface area contributed by atoms with Crippen LogP contribution in [0, 0.1) is 6.92 Å². The highest BCUT2D eigenvalue weighted by molar-refractivity contribution is 8.02. The van der Waals surface area contributed by atoms with Crippen molar-refractivity contribution < 1.29 is 0 Å². The minimum absolute atomic E-state index is 1.07. The van der Waals surface area contributed by atoms with Gasteiger partial charge in [-0.3, -0.25) is 4.98 Å². The van der Waals surface area contributed by atoms with Crippen molar-refractivity contribution in [3.8, 4) is 0 Å². The summed E-state index contributed by atoms with van der Waals surface area (Å²) in [7, 11) is 0. The molecule has 0 spiro atoms. The molecule has 0 saturated heterocycles. The van der Waals surface area contributed by atoms with Crippen molar-refractivity contribution in [2.45, 2.75) is 41.5 Å². The Labute approximate surface area is 105 Å².